The van der Waals surface area contributed by atoms with Crippen molar-refractivity contribution in [3.05, 3.63) is 29.8 Å². The van der Waals surface area contributed by atoms with Gasteiger partial charge in [-0.15, -0.1) is 0 Å². The molecule has 20 heavy (non-hydrogen) atoms. The molecule has 2 atom stereocenters. The number of methoxy groups -OCH3 is 1. The molecule has 1 aromatic rings. The highest BCUT2D eigenvalue weighted by atomic mass is 16.5. The maximum atomic E-state index is 12.0. The van der Waals surface area contributed by atoms with Crippen molar-refractivity contribution >= 4 is 5.91 Å². The van der Waals surface area contributed by atoms with Crippen LogP contribution in [0.15, 0.2) is 24.3 Å². The van der Waals surface area contributed by atoms with Gasteiger partial charge in [0.05, 0.1) is 7.11 Å². The predicted molar refractivity (Wildman–Crippen MR) is 77.3 cm³/mol. The molecular formula is C16H22N2O2. The topological polar surface area (TPSA) is 55.6 Å². The number of hydrogen-bond donors (Lipinski definition) is 1. The van der Waals surface area contributed by atoms with E-state index in [0.29, 0.717) is 6.04 Å². The third-order valence-corrected chi connectivity index (χ3v) is 4.98. The van der Waals surface area contributed by atoms with Crippen molar-refractivity contribution in [3.63, 3.8) is 0 Å². The van der Waals surface area contributed by atoms with E-state index in [9.17, 15) is 4.79 Å². The van der Waals surface area contributed by atoms with Crippen LogP contribution >= 0.6 is 0 Å². The van der Waals surface area contributed by atoms with E-state index in [0.717, 1.165) is 38.0 Å². The van der Waals surface area contributed by atoms with Crippen molar-refractivity contribution in [1.29, 1.82) is 0 Å². The number of hydrogen-bond acceptors (Lipinski definition) is 3. The van der Waals surface area contributed by atoms with Gasteiger partial charge in [0.2, 0.25) is 5.91 Å². The molecule has 0 aromatic heterocycles. The summed E-state index contributed by atoms with van der Waals surface area (Å²) in [6.45, 7) is 0.803. The summed E-state index contributed by atoms with van der Waals surface area (Å²) < 4.78 is 5.18. The first kappa shape index (κ1) is 13.4. The quantitative estimate of drug-likeness (QED) is 0.914. The Morgan fingerprint density at radius 1 is 1.35 bits per heavy atom. The summed E-state index contributed by atoms with van der Waals surface area (Å²) in [6, 6.07) is 8.60. The van der Waals surface area contributed by atoms with Gasteiger partial charge in [0.1, 0.15) is 11.3 Å². The fourth-order valence-electron chi connectivity index (χ4n) is 3.85. The van der Waals surface area contributed by atoms with Gasteiger partial charge >= 0.3 is 0 Å². The second-order valence-corrected chi connectivity index (χ2v) is 5.96. The minimum atomic E-state index is -0.400. The number of ether oxygens (including phenoxy) is 1. The number of nitrogens with two attached hydrogens (primary N) is 1. The number of carbonyl (C=O) groups is 1. The Balaban J connectivity index is 1.82. The van der Waals surface area contributed by atoms with Crippen molar-refractivity contribution in [3.8, 4) is 5.75 Å². The molecule has 1 aromatic carbocycles. The first-order chi connectivity index (χ1) is 9.65. The van der Waals surface area contributed by atoms with Gasteiger partial charge in [-0.05, 0) is 49.8 Å². The summed E-state index contributed by atoms with van der Waals surface area (Å²) in [6.07, 6.45) is 5.23. The molecule has 2 N–H and O–H groups in total. The fourth-order valence-corrected chi connectivity index (χ4v) is 3.85. The molecule has 108 valence electrons. The maximum absolute atomic E-state index is 12.0. The molecule has 2 unspecified atom stereocenters. The Morgan fingerprint density at radius 2 is 2.10 bits per heavy atom. The lowest BCUT2D eigenvalue weighted by molar-refractivity contribution is -0.132. The number of amides is 1. The molecule has 3 rings (SSSR count). The van der Waals surface area contributed by atoms with Gasteiger partial charge in [-0.1, -0.05) is 12.1 Å². The van der Waals surface area contributed by atoms with Crippen LogP contribution in [-0.4, -0.2) is 29.5 Å². The first-order valence-electron chi connectivity index (χ1n) is 7.35. The highest BCUT2D eigenvalue weighted by molar-refractivity contribution is 5.85. The normalized spacial score (nSPS) is 29.4. The molecule has 2 aliphatic rings. The standard InChI is InChI=1S/C16H22N2O2/c1-20-14-6-4-12(5-7-14)11-18-13-3-2-9-16(18,10-8-13)15(17)19/h4-7,13H,2-3,8-11H2,1H3,(H2,17,19). The maximum Gasteiger partial charge on any atom is 0.237 e. The molecule has 2 aliphatic heterocycles. The van der Waals surface area contributed by atoms with Crippen LogP contribution < -0.4 is 10.5 Å². The van der Waals surface area contributed by atoms with Crippen molar-refractivity contribution in [2.75, 3.05) is 7.11 Å². The van der Waals surface area contributed by atoms with Crippen LogP contribution in [0.5, 0.6) is 5.75 Å². The van der Waals surface area contributed by atoms with Crippen molar-refractivity contribution in [2.24, 2.45) is 5.73 Å². The molecule has 2 bridgehead atoms. The van der Waals surface area contributed by atoms with Gasteiger partial charge in [-0.3, -0.25) is 9.69 Å². The van der Waals surface area contributed by atoms with Gasteiger partial charge in [0.25, 0.3) is 0 Å². The number of primary amides is 1. The van der Waals surface area contributed by atoms with E-state index in [4.69, 9.17) is 10.5 Å². The second kappa shape index (κ2) is 5.09. The van der Waals surface area contributed by atoms with Gasteiger partial charge in [-0.2, -0.15) is 0 Å². The molecular weight excluding hydrogens is 252 g/mol. The van der Waals surface area contributed by atoms with E-state index >= 15 is 0 Å². The molecule has 2 saturated heterocycles. The second-order valence-electron chi connectivity index (χ2n) is 5.96. The van der Waals surface area contributed by atoms with Gasteiger partial charge < -0.3 is 10.5 Å². The van der Waals surface area contributed by atoms with Crippen molar-refractivity contribution in [2.45, 2.75) is 50.2 Å². The number of rotatable bonds is 4. The summed E-state index contributed by atoms with van der Waals surface area (Å²) in [5.74, 6) is 0.716. The lowest BCUT2D eigenvalue weighted by Crippen LogP contribution is -2.57. The number of piperidine rings is 1. The Hall–Kier alpha value is -1.55. The zero-order valence-corrected chi connectivity index (χ0v) is 12.0. The lowest BCUT2D eigenvalue weighted by Gasteiger charge is -2.42. The monoisotopic (exact) mass is 274 g/mol. The third-order valence-electron chi connectivity index (χ3n) is 4.98. The molecule has 2 fully saturated rings. The van der Waals surface area contributed by atoms with Gasteiger partial charge in [0, 0.05) is 12.6 Å². The predicted octanol–water partition coefficient (Wildman–Crippen LogP) is 2.07. The van der Waals surface area contributed by atoms with Gasteiger partial charge in [0.15, 0.2) is 0 Å². The van der Waals surface area contributed by atoms with Crippen LogP contribution in [0.25, 0.3) is 0 Å². The largest absolute Gasteiger partial charge is 0.497 e. The molecule has 4 heteroatoms. The van der Waals surface area contributed by atoms with E-state index in [1.165, 1.54) is 12.0 Å². The summed E-state index contributed by atoms with van der Waals surface area (Å²) in [4.78, 5) is 14.3. The van der Waals surface area contributed by atoms with E-state index < -0.39 is 5.54 Å². The summed E-state index contributed by atoms with van der Waals surface area (Å²) in [7, 11) is 1.67. The highest BCUT2D eigenvalue weighted by Gasteiger charge is 2.52. The third kappa shape index (κ3) is 2.08. The Kier molecular flexibility index (Phi) is 3.42. The van der Waals surface area contributed by atoms with E-state index in [-0.39, 0.29) is 5.91 Å². The Bertz CT molecular complexity index is 496. The molecule has 0 spiro atoms. The minimum absolute atomic E-state index is 0.145. The average Bonchev–Trinajstić information content (AvgIpc) is 2.67. The van der Waals surface area contributed by atoms with Crippen LogP contribution in [0.2, 0.25) is 0 Å². The van der Waals surface area contributed by atoms with Crippen LogP contribution in [0, 0.1) is 0 Å². The molecule has 4 nitrogen and oxygen atoms in total. The van der Waals surface area contributed by atoms with Crippen LogP contribution in [0.1, 0.15) is 37.7 Å². The van der Waals surface area contributed by atoms with E-state index in [2.05, 4.69) is 17.0 Å². The molecule has 2 heterocycles. The smallest absolute Gasteiger partial charge is 0.237 e. The number of carbonyl (C=O) groups excluding carboxylic acids is 1. The zero-order chi connectivity index (χ0) is 14.2. The first-order valence-corrected chi connectivity index (χ1v) is 7.35. The van der Waals surface area contributed by atoms with Crippen LogP contribution in [0.4, 0.5) is 0 Å². The minimum Gasteiger partial charge on any atom is -0.497 e. The SMILES string of the molecule is COc1ccc(CN2C3CCCC2(C(N)=O)CC3)cc1. The molecule has 0 saturated carbocycles. The highest BCUT2D eigenvalue weighted by Crippen LogP contribution is 2.44. The molecule has 1 amide bonds. The zero-order valence-electron chi connectivity index (χ0n) is 12.0. The fraction of sp³-hybridized carbons (Fsp3) is 0.562. The number of benzene rings is 1. The molecule has 0 radical (unpaired) electrons. The Morgan fingerprint density at radius 3 is 2.75 bits per heavy atom. The average molecular weight is 274 g/mol. The number of nitrogens with zero attached hydrogens (tertiary/aromatic N) is 1. The van der Waals surface area contributed by atoms with Crippen LogP contribution in [0.3, 0.4) is 0 Å². The molecule has 0 aliphatic carbocycles. The van der Waals surface area contributed by atoms with Crippen LogP contribution in [-0.2, 0) is 11.3 Å². The Labute approximate surface area is 119 Å². The summed E-state index contributed by atoms with van der Waals surface area (Å²) in [5, 5.41) is 0. The summed E-state index contributed by atoms with van der Waals surface area (Å²) >= 11 is 0. The van der Waals surface area contributed by atoms with Gasteiger partial charge in [-0.25, -0.2) is 0 Å². The van der Waals surface area contributed by atoms with E-state index in [1.807, 2.05) is 12.1 Å². The van der Waals surface area contributed by atoms with Crippen molar-refractivity contribution in [1.82, 2.24) is 4.90 Å². The summed E-state index contributed by atoms with van der Waals surface area (Å²) in [5.41, 5.74) is 6.54. The van der Waals surface area contributed by atoms with Crippen molar-refractivity contribution < 1.29 is 9.53 Å². The van der Waals surface area contributed by atoms with E-state index in [1.54, 1.807) is 7.11 Å². The number of fused-ring (bicyclic) bond motifs is 2. The lowest BCUT2D eigenvalue weighted by atomic mass is 9.87.